The van der Waals surface area contributed by atoms with Crippen LogP contribution in [0.25, 0.3) is 24.6 Å². The van der Waals surface area contributed by atoms with Crippen molar-refractivity contribution in [3.63, 3.8) is 0 Å². The second-order valence-electron chi connectivity index (χ2n) is 5.87. The van der Waals surface area contributed by atoms with Crippen LogP contribution in [0.1, 0.15) is 11.4 Å². The summed E-state index contributed by atoms with van der Waals surface area (Å²) in [5.74, 6) is 0. The van der Waals surface area contributed by atoms with Crippen LogP contribution < -0.4 is 21.4 Å². The molecule has 3 N–H and O–H groups in total. The van der Waals surface area contributed by atoms with E-state index in [2.05, 4.69) is 70.2 Å². The second kappa shape index (κ2) is 5.09. The summed E-state index contributed by atoms with van der Waals surface area (Å²) in [4.78, 5) is 14.0. The van der Waals surface area contributed by atoms with Crippen molar-refractivity contribution >= 4 is 24.6 Å². The zero-order valence-corrected chi connectivity index (χ0v) is 12.8. The zero-order valence-electron chi connectivity index (χ0n) is 12.8. The lowest BCUT2D eigenvalue weighted by Crippen LogP contribution is -2.19. The Morgan fingerprint density at radius 1 is 0.583 bits per heavy atom. The van der Waals surface area contributed by atoms with Gasteiger partial charge in [0.15, 0.2) is 0 Å². The minimum absolute atomic E-state index is 1.02. The van der Waals surface area contributed by atoms with Gasteiger partial charge in [0.1, 0.15) is 0 Å². The number of fused-ring (bicyclic) bond motifs is 8. The van der Waals surface area contributed by atoms with Crippen molar-refractivity contribution in [2.45, 2.75) is 0 Å². The molecule has 0 saturated carbocycles. The Bertz CT molecular complexity index is 1070. The van der Waals surface area contributed by atoms with Crippen LogP contribution in [0, 0.1) is 6.67 Å². The van der Waals surface area contributed by atoms with Crippen LogP contribution in [0.3, 0.4) is 0 Å². The minimum Gasteiger partial charge on any atom is -0.355 e. The van der Waals surface area contributed by atoms with Gasteiger partial charge in [-0.25, -0.2) is 0 Å². The van der Waals surface area contributed by atoms with Gasteiger partial charge in [-0.05, 0) is 48.6 Å². The molecule has 3 aromatic rings. The summed E-state index contributed by atoms with van der Waals surface area (Å²) in [6.07, 6.45) is 12.1. The molecule has 0 atom stereocenters. The highest BCUT2D eigenvalue weighted by Gasteiger charge is 2.10. The molecule has 0 aliphatic carbocycles. The van der Waals surface area contributed by atoms with Crippen LogP contribution in [0.4, 0.5) is 0 Å². The summed E-state index contributed by atoms with van der Waals surface area (Å²) >= 11 is 0. The molecular weight excluding hydrogens is 298 g/mol. The fraction of sp³-hybridized carbons (Fsp3) is 0. The van der Waals surface area contributed by atoms with E-state index in [0.29, 0.717) is 0 Å². The third-order valence-electron chi connectivity index (χ3n) is 3.99. The number of H-pyrrole nitrogens is 3. The molecule has 0 amide bonds. The predicted molar refractivity (Wildman–Crippen MR) is 93.0 cm³/mol. The molecule has 5 heteroatoms. The Hall–Kier alpha value is -3.34. The van der Waals surface area contributed by atoms with E-state index in [1.807, 2.05) is 34.6 Å². The summed E-state index contributed by atoms with van der Waals surface area (Å²) in [6.45, 7) is 3.25. The number of aromatic nitrogens is 3. The summed E-state index contributed by atoms with van der Waals surface area (Å²) < 4.78 is 0. The van der Waals surface area contributed by atoms with Gasteiger partial charge >= 0.3 is 0 Å². The standard InChI is InChI=1S/C19H15N5/c1-2-15-10-17-4-6-19(22-17)12-24-8-7-23(13-24)11-18-5-3-16(21-18)9-14(1)20-15/h1-12,20-22H. The fourth-order valence-electron chi connectivity index (χ4n) is 2.90. The van der Waals surface area contributed by atoms with Crippen molar-refractivity contribution in [1.29, 1.82) is 0 Å². The SMILES string of the molecule is [C]1N2C=CN1C=c1ccc([nH]1)=Cc1ccc([nH]1)C=c1ccc([nH]1)=C2. The van der Waals surface area contributed by atoms with Gasteiger partial charge in [0, 0.05) is 46.9 Å². The van der Waals surface area contributed by atoms with Gasteiger partial charge < -0.3 is 24.8 Å². The highest BCUT2D eigenvalue weighted by Crippen LogP contribution is 2.11. The maximum atomic E-state index is 3.41. The smallest absolute Gasteiger partial charge is 0.216 e. The highest BCUT2D eigenvalue weighted by molar-refractivity contribution is 5.52. The molecule has 24 heavy (non-hydrogen) atoms. The zero-order chi connectivity index (χ0) is 15.9. The van der Waals surface area contributed by atoms with Crippen molar-refractivity contribution < 1.29 is 0 Å². The van der Waals surface area contributed by atoms with E-state index in [9.17, 15) is 0 Å². The Morgan fingerprint density at radius 2 is 1.08 bits per heavy atom. The van der Waals surface area contributed by atoms with E-state index >= 15 is 0 Å². The van der Waals surface area contributed by atoms with Crippen LogP contribution in [0.5, 0.6) is 0 Å². The average Bonchev–Trinajstić information content (AvgIpc) is 3.32. The number of hydrogen-bond acceptors (Lipinski definition) is 2. The predicted octanol–water partition coefficient (Wildman–Crippen LogP) is -0.0968. The van der Waals surface area contributed by atoms with Gasteiger partial charge in [-0.2, -0.15) is 0 Å². The first-order valence-electron chi connectivity index (χ1n) is 7.78. The van der Waals surface area contributed by atoms with Gasteiger partial charge in [-0.1, -0.05) is 0 Å². The first-order valence-corrected chi connectivity index (χ1v) is 7.78. The van der Waals surface area contributed by atoms with Crippen molar-refractivity contribution in [2.75, 3.05) is 0 Å². The van der Waals surface area contributed by atoms with Crippen molar-refractivity contribution in [2.24, 2.45) is 0 Å². The molecule has 2 aliphatic rings. The van der Waals surface area contributed by atoms with E-state index in [1.54, 1.807) is 0 Å². The number of aromatic amines is 3. The molecule has 2 radical (unpaired) electrons. The maximum Gasteiger partial charge on any atom is 0.216 e. The fourth-order valence-corrected chi connectivity index (χ4v) is 2.90. The van der Waals surface area contributed by atoms with Crippen LogP contribution in [0.15, 0.2) is 48.8 Å². The van der Waals surface area contributed by atoms with Crippen molar-refractivity contribution in [1.82, 2.24) is 24.8 Å². The van der Waals surface area contributed by atoms with Crippen molar-refractivity contribution in [3.8, 4) is 0 Å². The molecular formula is C19H15N5. The molecule has 0 spiro atoms. The number of hydrogen-bond donors (Lipinski definition) is 3. The van der Waals surface area contributed by atoms with Gasteiger partial charge in [0.05, 0.1) is 10.7 Å². The molecule has 5 heterocycles. The topological polar surface area (TPSA) is 53.9 Å². The largest absolute Gasteiger partial charge is 0.355 e. The van der Waals surface area contributed by atoms with Crippen LogP contribution in [0.2, 0.25) is 0 Å². The maximum absolute atomic E-state index is 3.41. The van der Waals surface area contributed by atoms with Gasteiger partial charge in [-0.15, -0.1) is 0 Å². The van der Waals surface area contributed by atoms with Crippen LogP contribution >= 0.6 is 0 Å². The molecule has 5 nitrogen and oxygen atoms in total. The third-order valence-corrected chi connectivity index (χ3v) is 3.99. The molecule has 0 fully saturated rings. The van der Waals surface area contributed by atoms with E-state index in [-0.39, 0.29) is 0 Å². The number of nitrogens with one attached hydrogen (secondary N) is 3. The van der Waals surface area contributed by atoms with E-state index in [1.165, 1.54) is 0 Å². The van der Waals surface area contributed by atoms with Gasteiger partial charge in [-0.3, -0.25) is 0 Å². The van der Waals surface area contributed by atoms with E-state index < -0.39 is 0 Å². The molecule has 0 unspecified atom stereocenters. The first-order chi connectivity index (χ1) is 11.8. The summed E-state index contributed by atoms with van der Waals surface area (Å²) in [6, 6.07) is 12.4. The lowest BCUT2D eigenvalue weighted by Gasteiger charge is -2.10. The Morgan fingerprint density at radius 3 is 1.62 bits per heavy atom. The summed E-state index contributed by atoms with van der Waals surface area (Å²) in [5, 5.41) is 4.15. The molecule has 0 aromatic carbocycles. The Kier molecular flexibility index (Phi) is 2.79. The molecule has 5 rings (SSSR count). The van der Waals surface area contributed by atoms with E-state index in [0.717, 1.165) is 32.8 Å². The monoisotopic (exact) mass is 313 g/mol. The van der Waals surface area contributed by atoms with E-state index in [4.69, 9.17) is 0 Å². The molecule has 3 aromatic heterocycles. The lowest BCUT2D eigenvalue weighted by molar-refractivity contribution is 0.542. The minimum atomic E-state index is 1.02. The second-order valence-corrected chi connectivity index (χ2v) is 5.87. The van der Waals surface area contributed by atoms with Crippen LogP contribution in [-0.4, -0.2) is 24.8 Å². The molecule has 116 valence electrons. The average molecular weight is 313 g/mol. The number of nitrogens with zero attached hydrogens (tertiary/aromatic N) is 2. The summed E-state index contributed by atoms with van der Waals surface area (Å²) in [7, 11) is 0. The first kappa shape index (κ1) is 13.1. The van der Waals surface area contributed by atoms with Gasteiger partial charge in [0.25, 0.3) is 0 Å². The lowest BCUT2D eigenvalue weighted by atomic mass is 10.3. The normalized spacial score (nSPS) is 15.5. The molecule has 0 saturated heterocycles. The summed E-state index contributed by atoms with van der Waals surface area (Å²) in [5.41, 5.74) is 2.12. The third kappa shape index (κ3) is 2.46. The quantitative estimate of drug-likeness (QED) is 0.543. The Labute approximate surface area is 138 Å². The number of rotatable bonds is 0. The Balaban J connectivity index is 1.71. The van der Waals surface area contributed by atoms with Gasteiger partial charge in [0.2, 0.25) is 6.67 Å². The van der Waals surface area contributed by atoms with Crippen LogP contribution in [-0.2, 0) is 0 Å². The van der Waals surface area contributed by atoms with Crippen molar-refractivity contribution in [3.05, 3.63) is 88.3 Å². The molecule has 8 bridgehead atoms. The highest BCUT2D eigenvalue weighted by atomic mass is 15.3. The molecule has 2 aliphatic heterocycles.